The van der Waals surface area contributed by atoms with Crippen LogP contribution in [0, 0.1) is 0 Å². The van der Waals surface area contributed by atoms with Crippen LogP contribution in [0.25, 0.3) is 0 Å². The minimum Gasteiger partial charge on any atom is -0.331 e. The Morgan fingerprint density at radius 3 is 1.27 bits per heavy atom. The molecule has 0 aliphatic rings. The van der Waals surface area contributed by atoms with Crippen LogP contribution in [-0.2, 0) is 19.6 Å². The normalized spacial score (nSPS) is 11.5. The topological polar surface area (TPSA) is 53.5 Å². The van der Waals surface area contributed by atoms with Crippen molar-refractivity contribution in [2.24, 2.45) is 0 Å². The van der Waals surface area contributed by atoms with E-state index >= 15 is 0 Å². The fraction of sp³-hybridized carbons (Fsp3) is 0.400. The van der Waals surface area contributed by atoms with E-state index in [0.717, 1.165) is 36.3 Å². The van der Waals surface area contributed by atoms with Crippen LogP contribution in [0.15, 0.2) is 37.2 Å². The molecule has 0 aliphatic carbocycles. The van der Waals surface area contributed by atoms with Crippen molar-refractivity contribution in [3.8, 4) is 0 Å². The van der Waals surface area contributed by atoms with Crippen molar-refractivity contribution in [1.29, 1.82) is 0 Å². The van der Waals surface area contributed by atoms with E-state index in [2.05, 4.69) is 49.4 Å². The number of rotatable bonds is 6. The van der Waals surface area contributed by atoms with Crippen LogP contribution < -0.4 is 16.7 Å². The highest BCUT2D eigenvalue weighted by atomic mass is 31.1. The van der Waals surface area contributed by atoms with Crippen LogP contribution in [0.4, 0.5) is 0 Å². The summed E-state index contributed by atoms with van der Waals surface area (Å²) in [6.07, 6.45) is 11.7. The standard InChI is InChI=1S/C15H21N6P/c1-4-19-10-7-16-13(19)22(14-17-8-11-20(14)5-2)15-18-9-12-21(15)6-3/h7-12H,4-6H2,1-3H3. The number of aromatic nitrogens is 6. The fourth-order valence-electron chi connectivity index (χ4n) is 2.53. The average molecular weight is 316 g/mol. The van der Waals surface area contributed by atoms with Gasteiger partial charge in [0.15, 0.2) is 0 Å². The van der Waals surface area contributed by atoms with Crippen molar-refractivity contribution in [2.75, 3.05) is 0 Å². The zero-order chi connectivity index (χ0) is 15.5. The van der Waals surface area contributed by atoms with Gasteiger partial charge in [-0.25, -0.2) is 15.0 Å². The van der Waals surface area contributed by atoms with Crippen molar-refractivity contribution in [2.45, 2.75) is 40.4 Å². The number of aryl methyl sites for hydroxylation is 3. The molecule has 22 heavy (non-hydrogen) atoms. The molecule has 3 heterocycles. The van der Waals surface area contributed by atoms with Gasteiger partial charge >= 0.3 is 0 Å². The molecule has 0 aliphatic heterocycles. The molecule has 0 spiro atoms. The van der Waals surface area contributed by atoms with Gasteiger partial charge in [0, 0.05) is 56.8 Å². The van der Waals surface area contributed by atoms with Gasteiger partial charge in [0.05, 0.1) is 0 Å². The highest BCUT2D eigenvalue weighted by Gasteiger charge is 2.28. The molecule has 0 bridgehead atoms. The average Bonchev–Trinajstić information content (AvgIpc) is 3.28. The summed E-state index contributed by atoms with van der Waals surface area (Å²) in [6.45, 7) is 9.10. The molecule has 3 rings (SSSR count). The molecule has 0 unspecified atom stereocenters. The Balaban J connectivity index is 2.19. The lowest BCUT2D eigenvalue weighted by Gasteiger charge is -2.19. The van der Waals surface area contributed by atoms with E-state index in [1.807, 2.05) is 37.2 Å². The summed E-state index contributed by atoms with van der Waals surface area (Å²) < 4.78 is 6.57. The first-order chi connectivity index (χ1) is 10.8. The number of imidazole rings is 3. The van der Waals surface area contributed by atoms with Crippen LogP contribution in [0.2, 0.25) is 0 Å². The van der Waals surface area contributed by atoms with Crippen LogP contribution in [0.3, 0.4) is 0 Å². The molecule has 0 atom stereocenters. The molecular weight excluding hydrogens is 295 g/mol. The lowest BCUT2D eigenvalue weighted by molar-refractivity contribution is 0.773. The molecule has 0 saturated heterocycles. The molecule has 0 aromatic carbocycles. The van der Waals surface area contributed by atoms with Gasteiger partial charge in [0.1, 0.15) is 24.6 Å². The molecule has 0 amide bonds. The van der Waals surface area contributed by atoms with Crippen LogP contribution >= 0.6 is 7.92 Å². The summed E-state index contributed by atoms with van der Waals surface area (Å²) in [7, 11) is -0.859. The van der Waals surface area contributed by atoms with Crippen molar-refractivity contribution in [1.82, 2.24) is 28.7 Å². The zero-order valence-corrected chi connectivity index (χ0v) is 14.1. The maximum absolute atomic E-state index is 4.64. The Bertz CT molecular complexity index is 640. The second-order valence-corrected chi connectivity index (χ2v) is 6.75. The maximum Gasteiger partial charge on any atom is 0.147 e. The molecule has 3 aromatic heterocycles. The quantitative estimate of drug-likeness (QED) is 0.640. The highest BCUT2D eigenvalue weighted by molar-refractivity contribution is 7.78. The predicted octanol–water partition coefficient (Wildman–Crippen LogP) is 1.09. The Morgan fingerprint density at radius 2 is 1.00 bits per heavy atom. The first kappa shape index (κ1) is 15.0. The first-order valence-corrected chi connectivity index (χ1v) is 8.97. The molecule has 7 heteroatoms. The number of nitrogens with zero attached hydrogens (tertiary/aromatic N) is 6. The number of hydrogen-bond donors (Lipinski definition) is 0. The van der Waals surface area contributed by atoms with Gasteiger partial charge in [-0.05, 0) is 20.8 Å². The van der Waals surface area contributed by atoms with Crippen molar-refractivity contribution >= 4 is 24.6 Å². The van der Waals surface area contributed by atoms with Crippen LogP contribution in [0.1, 0.15) is 20.8 Å². The monoisotopic (exact) mass is 316 g/mol. The van der Waals surface area contributed by atoms with Gasteiger partial charge < -0.3 is 13.7 Å². The van der Waals surface area contributed by atoms with E-state index in [0.29, 0.717) is 0 Å². The van der Waals surface area contributed by atoms with Crippen molar-refractivity contribution < 1.29 is 0 Å². The van der Waals surface area contributed by atoms with E-state index in [1.54, 1.807) is 0 Å². The lowest BCUT2D eigenvalue weighted by atomic mass is 10.7. The Hall–Kier alpha value is -1.94. The second-order valence-electron chi connectivity index (χ2n) is 4.88. The lowest BCUT2D eigenvalue weighted by Crippen LogP contribution is -2.35. The smallest absolute Gasteiger partial charge is 0.147 e. The van der Waals surface area contributed by atoms with E-state index in [9.17, 15) is 0 Å². The summed E-state index contributed by atoms with van der Waals surface area (Å²) in [5, 5.41) is 0. The van der Waals surface area contributed by atoms with Crippen molar-refractivity contribution in [3.05, 3.63) is 37.2 Å². The molecule has 3 aromatic rings. The number of hydrogen-bond acceptors (Lipinski definition) is 3. The summed E-state index contributed by atoms with van der Waals surface area (Å²) in [5.41, 5.74) is 3.16. The van der Waals surface area contributed by atoms with Crippen LogP contribution in [-0.4, -0.2) is 28.7 Å². The predicted molar refractivity (Wildman–Crippen MR) is 89.5 cm³/mol. The minimum atomic E-state index is -0.859. The first-order valence-electron chi connectivity index (χ1n) is 7.63. The Morgan fingerprint density at radius 1 is 0.682 bits per heavy atom. The minimum absolute atomic E-state index is 0.859. The molecule has 6 nitrogen and oxygen atoms in total. The maximum atomic E-state index is 4.64. The summed E-state index contributed by atoms with van der Waals surface area (Å²) in [6, 6.07) is 0. The third-order valence-electron chi connectivity index (χ3n) is 3.70. The van der Waals surface area contributed by atoms with E-state index in [-0.39, 0.29) is 0 Å². The zero-order valence-electron chi connectivity index (χ0n) is 13.2. The van der Waals surface area contributed by atoms with Gasteiger partial charge in [-0.15, -0.1) is 0 Å². The summed E-state index contributed by atoms with van der Waals surface area (Å²) in [4.78, 5) is 13.9. The van der Waals surface area contributed by atoms with Crippen molar-refractivity contribution in [3.63, 3.8) is 0 Å². The largest absolute Gasteiger partial charge is 0.331 e. The Kier molecular flexibility index (Phi) is 4.39. The van der Waals surface area contributed by atoms with Gasteiger partial charge in [-0.3, -0.25) is 0 Å². The van der Waals surface area contributed by atoms with E-state index in [1.165, 1.54) is 0 Å². The van der Waals surface area contributed by atoms with Gasteiger partial charge in [0.2, 0.25) is 0 Å². The van der Waals surface area contributed by atoms with E-state index < -0.39 is 7.92 Å². The van der Waals surface area contributed by atoms with Gasteiger partial charge in [0.25, 0.3) is 0 Å². The van der Waals surface area contributed by atoms with Gasteiger partial charge in [-0.1, -0.05) is 0 Å². The molecule has 0 radical (unpaired) electrons. The van der Waals surface area contributed by atoms with Gasteiger partial charge in [-0.2, -0.15) is 0 Å². The molecule has 116 valence electrons. The van der Waals surface area contributed by atoms with E-state index in [4.69, 9.17) is 0 Å². The summed E-state index contributed by atoms with van der Waals surface area (Å²) in [5.74, 6) is 0. The Labute approximate surface area is 131 Å². The molecular formula is C15H21N6P. The highest BCUT2D eigenvalue weighted by Crippen LogP contribution is 2.30. The SMILES string of the molecule is CCn1ccnc1P(c1nccn1CC)c1nccn1CC. The van der Waals surface area contributed by atoms with Crippen LogP contribution in [0.5, 0.6) is 0 Å². The molecule has 0 fully saturated rings. The third kappa shape index (κ3) is 2.48. The molecule has 0 N–H and O–H groups in total. The second kappa shape index (κ2) is 6.44. The fourth-order valence-corrected chi connectivity index (χ4v) is 5.01. The molecule has 0 saturated carbocycles. The summed E-state index contributed by atoms with van der Waals surface area (Å²) >= 11 is 0. The third-order valence-corrected chi connectivity index (χ3v) is 6.02.